The molecule has 0 heterocycles. The molecule has 1 atom stereocenters. The van der Waals surface area contributed by atoms with E-state index < -0.39 is 10.8 Å². The van der Waals surface area contributed by atoms with Crippen molar-refractivity contribution < 1.29 is 4.21 Å². The first-order chi connectivity index (χ1) is 3.77. The molecule has 0 bridgehead atoms. The van der Waals surface area contributed by atoms with Gasteiger partial charge in [-0.05, 0) is 6.42 Å². The largest absolute Gasteiger partial charge is 0.260 e. The summed E-state index contributed by atoms with van der Waals surface area (Å²) in [5.74, 6) is 0.660. The zero-order valence-corrected chi connectivity index (χ0v) is 5.70. The van der Waals surface area contributed by atoms with Gasteiger partial charge in [-0.3, -0.25) is 4.21 Å². The molecule has 0 aliphatic heterocycles. The maximum Gasteiger partial charge on any atom is 0.0622 e. The first kappa shape index (κ1) is 7.64. The molecule has 0 aromatic heterocycles. The van der Waals surface area contributed by atoms with Gasteiger partial charge in [0.1, 0.15) is 0 Å². The van der Waals surface area contributed by atoms with Crippen LogP contribution in [0.1, 0.15) is 12.8 Å². The van der Waals surface area contributed by atoms with Gasteiger partial charge in [-0.2, -0.15) is 5.26 Å². The lowest BCUT2D eigenvalue weighted by molar-refractivity contribution is 0.684. The van der Waals surface area contributed by atoms with Crippen molar-refractivity contribution in [3.05, 3.63) is 0 Å². The quantitative estimate of drug-likeness (QED) is 0.528. The average Bonchev–Trinajstić information content (AvgIpc) is 1.66. The van der Waals surface area contributed by atoms with Crippen molar-refractivity contribution in [2.45, 2.75) is 12.8 Å². The molecule has 0 aromatic rings. The van der Waals surface area contributed by atoms with Gasteiger partial charge < -0.3 is 0 Å². The summed E-state index contributed by atoms with van der Waals surface area (Å²) in [7, 11) is -0.718. The van der Waals surface area contributed by atoms with Gasteiger partial charge in [-0.15, -0.1) is 0 Å². The summed E-state index contributed by atoms with van der Waals surface area (Å²) in [4.78, 5) is 0. The Bertz CT molecular complexity index is 116. The highest BCUT2D eigenvalue weighted by Crippen LogP contribution is 1.87. The Morgan fingerprint density at radius 2 is 2.38 bits per heavy atom. The van der Waals surface area contributed by atoms with E-state index in [0.717, 1.165) is 6.42 Å². The zero-order valence-electron chi connectivity index (χ0n) is 4.89. The number of hydrogen-bond donors (Lipinski definition) is 0. The normalized spacial score (nSPS) is 12.5. The van der Waals surface area contributed by atoms with Crippen LogP contribution >= 0.6 is 0 Å². The van der Waals surface area contributed by atoms with Gasteiger partial charge in [0.15, 0.2) is 0 Å². The molecule has 46 valence electrons. The molecular formula is C5H9NOS. The van der Waals surface area contributed by atoms with Crippen LogP contribution in [0.4, 0.5) is 0 Å². The van der Waals surface area contributed by atoms with Gasteiger partial charge >= 0.3 is 0 Å². The van der Waals surface area contributed by atoms with Crippen molar-refractivity contribution in [3.8, 4) is 6.07 Å². The van der Waals surface area contributed by atoms with Crippen molar-refractivity contribution in [2.24, 2.45) is 0 Å². The Morgan fingerprint density at radius 1 is 1.75 bits per heavy atom. The summed E-state index contributed by atoms with van der Waals surface area (Å²) in [6, 6.07) is 1.99. The Balaban J connectivity index is 2.97. The fourth-order valence-electron chi connectivity index (χ4n) is 0.354. The molecule has 0 saturated carbocycles. The fraction of sp³-hybridized carbons (Fsp3) is 0.800. The fourth-order valence-corrected chi connectivity index (χ4v) is 0.905. The van der Waals surface area contributed by atoms with Crippen LogP contribution in [0.15, 0.2) is 0 Å². The van der Waals surface area contributed by atoms with Crippen LogP contribution in [0.2, 0.25) is 0 Å². The van der Waals surface area contributed by atoms with Crippen LogP contribution in [0, 0.1) is 11.3 Å². The monoisotopic (exact) mass is 131 g/mol. The summed E-state index contributed by atoms with van der Waals surface area (Å²) >= 11 is 0. The van der Waals surface area contributed by atoms with Gasteiger partial charge in [0.05, 0.1) is 6.07 Å². The predicted octanol–water partition coefficient (Wildman–Crippen LogP) is 0.669. The smallest absolute Gasteiger partial charge is 0.0622 e. The van der Waals surface area contributed by atoms with Crippen LogP contribution in [0.25, 0.3) is 0 Å². The van der Waals surface area contributed by atoms with Gasteiger partial charge in [-0.1, -0.05) is 0 Å². The third-order valence-electron chi connectivity index (χ3n) is 0.720. The lowest BCUT2D eigenvalue weighted by Gasteiger charge is -1.86. The topological polar surface area (TPSA) is 40.9 Å². The Kier molecular flexibility index (Phi) is 4.58. The van der Waals surface area contributed by atoms with Crippen LogP contribution in [-0.4, -0.2) is 16.2 Å². The van der Waals surface area contributed by atoms with E-state index >= 15 is 0 Å². The molecule has 8 heavy (non-hydrogen) atoms. The second-order valence-corrected chi connectivity index (χ2v) is 3.09. The molecule has 0 aromatic carbocycles. The van der Waals surface area contributed by atoms with E-state index in [2.05, 4.69) is 0 Å². The van der Waals surface area contributed by atoms with E-state index in [1.165, 1.54) is 0 Å². The second-order valence-electron chi connectivity index (χ2n) is 1.54. The summed E-state index contributed by atoms with van der Waals surface area (Å²) < 4.78 is 10.3. The molecule has 0 saturated heterocycles. The van der Waals surface area contributed by atoms with Crippen LogP contribution in [0.5, 0.6) is 0 Å². The summed E-state index contributed by atoms with van der Waals surface area (Å²) in [6.07, 6.45) is 2.94. The first-order valence-corrected chi connectivity index (χ1v) is 4.17. The maximum atomic E-state index is 10.3. The van der Waals surface area contributed by atoms with E-state index in [1.807, 2.05) is 6.07 Å². The van der Waals surface area contributed by atoms with Crippen molar-refractivity contribution in [1.29, 1.82) is 5.26 Å². The molecule has 0 aliphatic rings. The molecule has 0 aliphatic carbocycles. The maximum absolute atomic E-state index is 10.3. The zero-order chi connectivity index (χ0) is 6.41. The number of nitrogens with zero attached hydrogens (tertiary/aromatic N) is 1. The van der Waals surface area contributed by atoms with E-state index in [0.29, 0.717) is 12.2 Å². The molecule has 0 radical (unpaired) electrons. The third kappa shape index (κ3) is 5.64. The molecule has 0 fully saturated rings. The Morgan fingerprint density at radius 3 is 2.75 bits per heavy atom. The first-order valence-electron chi connectivity index (χ1n) is 2.44. The number of nitriles is 1. The SMILES string of the molecule is CS(=O)CCCC#N. The molecule has 1 unspecified atom stereocenters. The third-order valence-corrected chi connectivity index (χ3v) is 1.58. The minimum Gasteiger partial charge on any atom is -0.260 e. The molecule has 3 heteroatoms. The van der Waals surface area contributed by atoms with Crippen molar-refractivity contribution >= 4 is 10.8 Å². The second kappa shape index (κ2) is 4.79. The van der Waals surface area contributed by atoms with Gasteiger partial charge in [0, 0.05) is 29.2 Å². The summed E-state index contributed by atoms with van der Waals surface area (Å²) in [5.41, 5.74) is 0. The Labute approximate surface area is 52.0 Å². The van der Waals surface area contributed by atoms with Crippen LogP contribution in [-0.2, 0) is 10.8 Å². The highest BCUT2D eigenvalue weighted by molar-refractivity contribution is 7.84. The lowest BCUT2D eigenvalue weighted by atomic mass is 10.4. The predicted molar refractivity (Wildman–Crippen MR) is 33.8 cm³/mol. The highest BCUT2D eigenvalue weighted by Gasteiger charge is 1.87. The van der Waals surface area contributed by atoms with E-state index in [-0.39, 0.29) is 0 Å². The van der Waals surface area contributed by atoms with Crippen molar-refractivity contribution in [1.82, 2.24) is 0 Å². The number of rotatable bonds is 3. The van der Waals surface area contributed by atoms with Crippen LogP contribution in [0.3, 0.4) is 0 Å². The Hall–Kier alpha value is -0.360. The lowest BCUT2D eigenvalue weighted by Crippen LogP contribution is -1.91. The molecule has 0 spiro atoms. The van der Waals surface area contributed by atoms with Gasteiger partial charge in [0.2, 0.25) is 0 Å². The van der Waals surface area contributed by atoms with Crippen molar-refractivity contribution in [2.75, 3.05) is 12.0 Å². The molecule has 2 nitrogen and oxygen atoms in total. The highest BCUT2D eigenvalue weighted by atomic mass is 32.2. The van der Waals surface area contributed by atoms with Crippen LogP contribution < -0.4 is 0 Å². The molecule has 0 rings (SSSR count). The minimum atomic E-state index is -0.718. The summed E-state index contributed by atoms with van der Waals surface area (Å²) in [6.45, 7) is 0. The van der Waals surface area contributed by atoms with E-state index in [9.17, 15) is 4.21 Å². The number of hydrogen-bond acceptors (Lipinski definition) is 2. The number of unbranched alkanes of at least 4 members (excludes halogenated alkanes) is 1. The van der Waals surface area contributed by atoms with Gasteiger partial charge in [-0.25, -0.2) is 0 Å². The van der Waals surface area contributed by atoms with Crippen molar-refractivity contribution in [3.63, 3.8) is 0 Å². The molecular weight excluding hydrogens is 122 g/mol. The summed E-state index contributed by atoms with van der Waals surface area (Å²) in [5, 5.41) is 8.03. The standard InChI is InChI=1S/C5H9NOS/c1-8(7)5-3-2-4-6/h2-3,5H2,1H3. The van der Waals surface area contributed by atoms with Gasteiger partial charge in [0.25, 0.3) is 0 Å². The minimum absolute atomic E-state index is 0.527. The molecule has 0 amide bonds. The van der Waals surface area contributed by atoms with E-state index in [4.69, 9.17) is 5.26 Å². The van der Waals surface area contributed by atoms with E-state index in [1.54, 1.807) is 6.26 Å². The molecule has 0 N–H and O–H groups in total. The average molecular weight is 131 g/mol.